The normalized spacial score (nSPS) is 33.7. The lowest BCUT2D eigenvalue weighted by atomic mass is 9.85. The summed E-state index contributed by atoms with van der Waals surface area (Å²) in [5.41, 5.74) is 0. The Bertz CT molecular complexity index is 335. The van der Waals surface area contributed by atoms with Gasteiger partial charge in [-0.15, -0.1) is 0 Å². The molecule has 21 heavy (non-hydrogen) atoms. The maximum absolute atomic E-state index is 12.2. The van der Waals surface area contributed by atoms with Gasteiger partial charge in [-0.2, -0.15) is 0 Å². The molecule has 0 aliphatic heterocycles. The van der Waals surface area contributed by atoms with Crippen LogP contribution in [0.25, 0.3) is 0 Å². The zero-order chi connectivity index (χ0) is 15.2. The van der Waals surface area contributed by atoms with E-state index in [-0.39, 0.29) is 30.6 Å². The van der Waals surface area contributed by atoms with Crippen molar-refractivity contribution in [2.24, 2.45) is 5.92 Å². The molecule has 0 saturated heterocycles. The molecule has 2 rings (SSSR count). The standard InChI is InChI=1S/C16H31N3O2/c1-19(2)14-8-5-7-13(10-14)17-16(21)18-15-9-4-3-6-12(15)11-20/h12-15,20H,3-11H2,1-2H3,(H2,17,18,21). The van der Waals surface area contributed by atoms with Crippen molar-refractivity contribution in [1.29, 1.82) is 0 Å². The van der Waals surface area contributed by atoms with Crippen LogP contribution in [0.5, 0.6) is 0 Å². The van der Waals surface area contributed by atoms with Crippen molar-refractivity contribution in [1.82, 2.24) is 15.5 Å². The summed E-state index contributed by atoms with van der Waals surface area (Å²) in [4.78, 5) is 14.5. The number of carbonyl (C=O) groups excluding carboxylic acids is 1. The van der Waals surface area contributed by atoms with Crippen molar-refractivity contribution in [2.75, 3.05) is 20.7 Å². The molecular weight excluding hydrogens is 266 g/mol. The summed E-state index contributed by atoms with van der Waals surface area (Å²) in [7, 11) is 4.22. The van der Waals surface area contributed by atoms with Crippen molar-refractivity contribution in [3.05, 3.63) is 0 Å². The van der Waals surface area contributed by atoms with Crippen LogP contribution in [-0.4, -0.2) is 54.9 Å². The van der Waals surface area contributed by atoms with Gasteiger partial charge in [0, 0.05) is 30.7 Å². The van der Waals surface area contributed by atoms with Gasteiger partial charge in [0.15, 0.2) is 0 Å². The summed E-state index contributed by atoms with van der Waals surface area (Å²) < 4.78 is 0. The third-order valence-corrected chi connectivity index (χ3v) is 5.17. The third kappa shape index (κ3) is 4.85. The highest BCUT2D eigenvalue weighted by Gasteiger charge is 2.28. The van der Waals surface area contributed by atoms with Crippen molar-refractivity contribution < 1.29 is 9.90 Å². The van der Waals surface area contributed by atoms with Crippen LogP contribution in [0.3, 0.4) is 0 Å². The Morgan fingerprint density at radius 3 is 2.57 bits per heavy atom. The third-order valence-electron chi connectivity index (χ3n) is 5.17. The molecule has 122 valence electrons. The number of nitrogens with zero attached hydrogens (tertiary/aromatic N) is 1. The zero-order valence-electron chi connectivity index (χ0n) is 13.5. The predicted molar refractivity (Wildman–Crippen MR) is 84.2 cm³/mol. The Morgan fingerprint density at radius 2 is 1.86 bits per heavy atom. The molecule has 0 radical (unpaired) electrons. The molecule has 0 spiro atoms. The van der Waals surface area contributed by atoms with Gasteiger partial charge in [-0.05, 0) is 52.6 Å². The number of urea groups is 1. The lowest BCUT2D eigenvalue weighted by Crippen LogP contribution is -2.52. The van der Waals surface area contributed by atoms with Crippen molar-refractivity contribution >= 4 is 6.03 Å². The predicted octanol–water partition coefficient (Wildman–Crippen LogP) is 1.71. The van der Waals surface area contributed by atoms with E-state index in [1.165, 1.54) is 12.8 Å². The first-order chi connectivity index (χ1) is 10.1. The van der Waals surface area contributed by atoms with Crippen LogP contribution in [0.2, 0.25) is 0 Å². The fourth-order valence-corrected chi connectivity index (χ4v) is 3.78. The molecule has 0 aromatic heterocycles. The minimum atomic E-state index is -0.0512. The van der Waals surface area contributed by atoms with Crippen LogP contribution in [0.4, 0.5) is 4.79 Å². The Labute approximate surface area is 128 Å². The van der Waals surface area contributed by atoms with E-state index in [1.54, 1.807) is 0 Å². The van der Waals surface area contributed by atoms with Crippen molar-refractivity contribution in [3.8, 4) is 0 Å². The Morgan fingerprint density at radius 1 is 1.10 bits per heavy atom. The van der Waals surface area contributed by atoms with Crippen LogP contribution >= 0.6 is 0 Å². The van der Waals surface area contributed by atoms with Crippen LogP contribution in [0.15, 0.2) is 0 Å². The number of nitrogens with one attached hydrogen (secondary N) is 2. The van der Waals surface area contributed by atoms with E-state index < -0.39 is 0 Å². The summed E-state index contributed by atoms with van der Waals surface area (Å²) in [6.07, 6.45) is 8.84. The second kappa shape index (κ2) is 7.99. The van der Waals surface area contributed by atoms with Crippen LogP contribution in [0.1, 0.15) is 51.4 Å². The molecule has 5 nitrogen and oxygen atoms in total. The fourth-order valence-electron chi connectivity index (χ4n) is 3.78. The molecule has 2 saturated carbocycles. The summed E-state index contributed by atoms with van der Waals surface area (Å²) in [6, 6.07) is 0.938. The molecule has 0 heterocycles. The van der Waals surface area contributed by atoms with Crippen molar-refractivity contribution in [3.63, 3.8) is 0 Å². The van der Waals surface area contributed by atoms with E-state index in [0.717, 1.165) is 38.5 Å². The minimum absolute atomic E-state index is 0.0512. The van der Waals surface area contributed by atoms with E-state index >= 15 is 0 Å². The van der Waals surface area contributed by atoms with Gasteiger partial charge < -0.3 is 20.6 Å². The van der Waals surface area contributed by atoms with Gasteiger partial charge in [-0.1, -0.05) is 12.8 Å². The largest absolute Gasteiger partial charge is 0.396 e. The highest BCUT2D eigenvalue weighted by Crippen LogP contribution is 2.24. The van der Waals surface area contributed by atoms with E-state index in [0.29, 0.717) is 6.04 Å². The van der Waals surface area contributed by atoms with Gasteiger partial charge >= 0.3 is 6.03 Å². The van der Waals surface area contributed by atoms with E-state index in [9.17, 15) is 9.90 Å². The number of hydrogen-bond acceptors (Lipinski definition) is 3. The zero-order valence-corrected chi connectivity index (χ0v) is 13.5. The highest BCUT2D eigenvalue weighted by atomic mass is 16.3. The Hall–Kier alpha value is -0.810. The molecule has 5 heteroatoms. The van der Waals surface area contributed by atoms with Gasteiger partial charge in [0.25, 0.3) is 0 Å². The smallest absolute Gasteiger partial charge is 0.315 e. The molecular formula is C16H31N3O2. The second-order valence-corrected chi connectivity index (χ2v) is 6.93. The Balaban J connectivity index is 1.78. The number of hydrogen-bond donors (Lipinski definition) is 3. The number of amides is 2. The average Bonchev–Trinajstić information content (AvgIpc) is 2.48. The molecule has 2 aliphatic carbocycles. The molecule has 0 bridgehead atoms. The highest BCUT2D eigenvalue weighted by molar-refractivity contribution is 5.74. The maximum atomic E-state index is 12.2. The minimum Gasteiger partial charge on any atom is -0.396 e. The van der Waals surface area contributed by atoms with Crippen LogP contribution < -0.4 is 10.6 Å². The first kappa shape index (κ1) is 16.6. The molecule has 4 atom stereocenters. The van der Waals surface area contributed by atoms with Gasteiger partial charge in [0.05, 0.1) is 0 Å². The van der Waals surface area contributed by atoms with E-state index in [2.05, 4.69) is 29.6 Å². The monoisotopic (exact) mass is 297 g/mol. The first-order valence-corrected chi connectivity index (χ1v) is 8.44. The lowest BCUT2D eigenvalue weighted by molar-refractivity contribution is 0.150. The first-order valence-electron chi connectivity index (χ1n) is 8.44. The summed E-state index contributed by atoms with van der Waals surface area (Å²) in [6.45, 7) is 0.178. The SMILES string of the molecule is CN(C)C1CCCC(NC(=O)NC2CCCCC2CO)C1. The summed E-state index contributed by atoms with van der Waals surface area (Å²) >= 11 is 0. The molecule has 2 aliphatic rings. The molecule has 2 fully saturated rings. The molecule has 3 N–H and O–H groups in total. The molecule has 0 aromatic carbocycles. The van der Waals surface area contributed by atoms with Crippen LogP contribution in [-0.2, 0) is 0 Å². The van der Waals surface area contributed by atoms with E-state index in [4.69, 9.17) is 0 Å². The maximum Gasteiger partial charge on any atom is 0.315 e. The average molecular weight is 297 g/mol. The van der Waals surface area contributed by atoms with E-state index in [1.807, 2.05) is 0 Å². The molecule has 2 amide bonds. The Kier molecular flexibility index (Phi) is 6.30. The number of rotatable bonds is 4. The topological polar surface area (TPSA) is 64.6 Å². The molecule has 4 unspecified atom stereocenters. The van der Waals surface area contributed by atoms with Gasteiger partial charge in [-0.25, -0.2) is 4.79 Å². The summed E-state index contributed by atoms with van der Waals surface area (Å²) in [5.74, 6) is 0.227. The number of carbonyl (C=O) groups is 1. The quantitative estimate of drug-likeness (QED) is 0.740. The fraction of sp³-hybridized carbons (Fsp3) is 0.938. The lowest BCUT2D eigenvalue weighted by Gasteiger charge is -2.35. The molecule has 0 aromatic rings. The number of aliphatic hydroxyl groups is 1. The number of aliphatic hydroxyl groups excluding tert-OH is 1. The van der Waals surface area contributed by atoms with Crippen LogP contribution in [0, 0.1) is 5.92 Å². The van der Waals surface area contributed by atoms with Gasteiger partial charge in [0.2, 0.25) is 0 Å². The van der Waals surface area contributed by atoms with Crippen molar-refractivity contribution in [2.45, 2.75) is 69.5 Å². The van der Waals surface area contributed by atoms with Gasteiger partial charge in [-0.3, -0.25) is 0 Å². The van der Waals surface area contributed by atoms with Gasteiger partial charge in [0.1, 0.15) is 0 Å². The second-order valence-electron chi connectivity index (χ2n) is 6.93. The summed E-state index contributed by atoms with van der Waals surface area (Å²) in [5, 5.41) is 15.6.